The summed E-state index contributed by atoms with van der Waals surface area (Å²) in [7, 11) is 0. The summed E-state index contributed by atoms with van der Waals surface area (Å²) in [5, 5.41) is 19.6. The Morgan fingerprint density at radius 2 is 1.07 bits per heavy atom. The van der Waals surface area contributed by atoms with E-state index < -0.39 is 36.1 Å². The molecule has 0 bridgehead atoms. The summed E-state index contributed by atoms with van der Waals surface area (Å²) < 4.78 is 31.3. The van der Waals surface area contributed by atoms with Gasteiger partial charge in [-0.1, -0.05) is 13.2 Å². The summed E-state index contributed by atoms with van der Waals surface area (Å²) in [5.74, 6) is -1.30. The molecule has 45 heavy (non-hydrogen) atoms. The molecular weight excluding hydrogens is 588 g/mol. The molecule has 0 heterocycles. The normalized spacial score (nSPS) is 11.7. The minimum Gasteiger partial charge on any atom is -0.491 e. The maximum Gasteiger partial charge on any atom is 0.343 e. The molecule has 12 heteroatoms. The van der Waals surface area contributed by atoms with Crippen LogP contribution in [0, 0.1) is 6.92 Å². The molecular formula is C33H32O12. The second kappa shape index (κ2) is 17.0. The molecule has 12 nitrogen and oxygen atoms in total. The molecule has 2 unspecified atom stereocenters. The SMILES string of the molecule is C=CC(=O)OCC(O)COc1ccc(C(=O)Oc2ccc(OC(=O)c3ccc(OCC(O)COC(=O)C=C)cc3)c(C)c2)cc1. The van der Waals surface area contributed by atoms with Crippen molar-refractivity contribution >= 4 is 23.9 Å². The van der Waals surface area contributed by atoms with Gasteiger partial charge in [-0.25, -0.2) is 19.2 Å². The highest BCUT2D eigenvalue weighted by Gasteiger charge is 2.15. The molecule has 0 fully saturated rings. The van der Waals surface area contributed by atoms with Crippen molar-refractivity contribution < 1.29 is 57.8 Å². The van der Waals surface area contributed by atoms with Crippen LogP contribution in [0.3, 0.4) is 0 Å². The van der Waals surface area contributed by atoms with Crippen LogP contribution in [-0.4, -0.2) is 72.7 Å². The first kappa shape index (κ1) is 34.0. The number of hydrogen-bond acceptors (Lipinski definition) is 12. The zero-order chi connectivity index (χ0) is 32.8. The van der Waals surface area contributed by atoms with Crippen molar-refractivity contribution in [3.63, 3.8) is 0 Å². The summed E-state index contributed by atoms with van der Waals surface area (Å²) in [4.78, 5) is 47.4. The molecule has 2 atom stereocenters. The second-order valence-electron chi connectivity index (χ2n) is 9.35. The maximum atomic E-state index is 12.7. The highest BCUT2D eigenvalue weighted by molar-refractivity contribution is 5.92. The third kappa shape index (κ3) is 11.3. The van der Waals surface area contributed by atoms with Crippen molar-refractivity contribution in [2.75, 3.05) is 26.4 Å². The Hall–Kier alpha value is -5.46. The van der Waals surface area contributed by atoms with Gasteiger partial charge >= 0.3 is 23.9 Å². The molecule has 0 aliphatic heterocycles. The molecule has 0 saturated carbocycles. The van der Waals surface area contributed by atoms with Crippen molar-refractivity contribution in [2.24, 2.45) is 0 Å². The van der Waals surface area contributed by atoms with E-state index in [0.29, 0.717) is 17.1 Å². The summed E-state index contributed by atoms with van der Waals surface area (Å²) in [6.45, 7) is 7.46. The van der Waals surface area contributed by atoms with Crippen molar-refractivity contribution in [3.8, 4) is 23.0 Å². The van der Waals surface area contributed by atoms with E-state index in [-0.39, 0.29) is 49.1 Å². The summed E-state index contributed by atoms with van der Waals surface area (Å²) in [6, 6.07) is 16.6. The molecule has 2 N–H and O–H groups in total. The quantitative estimate of drug-likeness (QED) is 0.137. The first-order valence-electron chi connectivity index (χ1n) is 13.5. The van der Waals surface area contributed by atoms with Gasteiger partial charge in [0.15, 0.2) is 0 Å². The van der Waals surface area contributed by atoms with Gasteiger partial charge in [0, 0.05) is 12.2 Å². The lowest BCUT2D eigenvalue weighted by Gasteiger charge is -2.13. The predicted molar refractivity (Wildman–Crippen MR) is 159 cm³/mol. The van der Waals surface area contributed by atoms with Gasteiger partial charge in [-0.05, 0) is 79.2 Å². The number of aliphatic hydroxyl groups is 2. The van der Waals surface area contributed by atoms with E-state index in [0.717, 1.165) is 12.2 Å². The van der Waals surface area contributed by atoms with Crippen molar-refractivity contribution in [1.82, 2.24) is 0 Å². The number of aryl methyl sites for hydroxylation is 1. The van der Waals surface area contributed by atoms with Crippen LogP contribution in [-0.2, 0) is 19.1 Å². The Morgan fingerprint density at radius 3 is 1.49 bits per heavy atom. The largest absolute Gasteiger partial charge is 0.491 e. The first-order valence-corrected chi connectivity index (χ1v) is 13.5. The van der Waals surface area contributed by atoms with E-state index in [9.17, 15) is 29.4 Å². The molecule has 0 spiro atoms. The van der Waals surface area contributed by atoms with Gasteiger partial charge in [-0.3, -0.25) is 0 Å². The number of hydrogen-bond donors (Lipinski definition) is 2. The van der Waals surface area contributed by atoms with Gasteiger partial charge in [0.2, 0.25) is 0 Å². The van der Waals surface area contributed by atoms with Crippen LogP contribution in [0.2, 0.25) is 0 Å². The molecule has 3 aromatic rings. The van der Waals surface area contributed by atoms with E-state index in [2.05, 4.69) is 13.2 Å². The third-order valence-corrected chi connectivity index (χ3v) is 5.79. The lowest BCUT2D eigenvalue weighted by atomic mass is 10.2. The number of ether oxygens (including phenoxy) is 6. The van der Waals surface area contributed by atoms with E-state index >= 15 is 0 Å². The maximum absolute atomic E-state index is 12.7. The van der Waals surface area contributed by atoms with Gasteiger partial charge in [0.1, 0.15) is 61.6 Å². The van der Waals surface area contributed by atoms with Crippen molar-refractivity contribution in [3.05, 3.63) is 109 Å². The van der Waals surface area contributed by atoms with Crippen LogP contribution < -0.4 is 18.9 Å². The third-order valence-electron chi connectivity index (χ3n) is 5.79. The molecule has 0 aliphatic carbocycles. The molecule has 236 valence electrons. The Morgan fingerprint density at radius 1 is 0.644 bits per heavy atom. The van der Waals surface area contributed by atoms with Gasteiger partial charge < -0.3 is 38.6 Å². The fourth-order valence-electron chi connectivity index (χ4n) is 3.45. The first-order chi connectivity index (χ1) is 21.6. The van der Waals surface area contributed by atoms with Gasteiger partial charge in [0.05, 0.1) is 11.1 Å². The molecule has 0 aliphatic rings. The fraction of sp³-hybridized carbons (Fsp3) is 0.212. The number of carbonyl (C=O) groups excluding carboxylic acids is 4. The van der Waals surface area contributed by atoms with Gasteiger partial charge in [0.25, 0.3) is 0 Å². The fourth-order valence-corrected chi connectivity index (χ4v) is 3.45. The van der Waals surface area contributed by atoms with E-state index in [1.54, 1.807) is 13.0 Å². The zero-order valence-corrected chi connectivity index (χ0v) is 24.4. The van der Waals surface area contributed by atoms with Crippen LogP contribution in [0.1, 0.15) is 26.3 Å². The summed E-state index contributed by atoms with van der Waals surface area (Å²) >= 11 is 0. The number of benzene rings is 3. The molecule has 3 rings (SSSR count). The van der Waals surface area contributed by atoms with E-state index in [1.807, 2.05) is 0 Å². The summed E-state index contributed by atoms with van der Waals surface area (Å²) in [6.07, 6.45) is -0.107. The standard InChI is InChI=1S/C33H32O12/c1-4-30(36)42-19-24(34)17-40-26-10-6-22(7-11-26)32(38)44-28-14-15-29(21(3)16-28)45-33(39)23-8-12-27(13-9-23)41-18-25(35)20-43-31(37)5-2/h4-16,24-25,34-35H,1-2,17-20H2,3H3. The Bertz CT molecular complexity index is 1500. The van der Waals surface area contributed by atoms with Crippen molar-refractivity contribution in [2.45, 2.75) is 19.1 Å². The zero-order valence-electron chi connectivity index (χ0n) is 24.4. The average Bonchev–Trinajstić information content (AvgIpc) is 3.05. The monoisotopic (exact) mass is 620 g/mol. The number of rotatable bonds is 16. The minimum atomic E-state index is -1.04. The van der Waals surface area contributed by atoms with Crippen LogP contribution >= 0.6 is 0 Å². The Balaban J connectivity index is 1.47. The number of esters is 4. The minimum absolute atomic E-state index is 0.132. The van der Waals surface area contributed by atoms with Gasteiger partial charge in [-0.15, -0.1) is 0 Å². The molecule has 0 aromatic heterocycles. The van der Waals surface area contributed by atoms with Crippen molar-refractivity contribution in [1.29, 1.82) is 0 Å². The molecule has 0 radical (unpaired) electrons. The van der Waals surface area contributed by atoms with E-state index in [1.165, 1.54) is 60.7 Å². The average molecular weight is 621 g/mol. The smallest absolute Gasteiger partial charge is 0.343 e. The van der Waals surface area contributed by atoms with Crippen LogP contribution in [0.4, 0.5) is 0 Å². The van der Waals surface area contributed by atoms with Crippen LogP contribution in [0.5, 0.6) is 23.0 Å². The predicted octanol–water partition coefficient (Wildman–Crippen LogP) is 3.37. The molecule has 0 saturated heterocycles. The molecule has 0 amide bonds. The topological polar surface area (TPSA) is 164 Å². The lowest BCUT2D eigenvalue weighted by molar-refractivity contribution is -0.142. The second-order valence-corrected chi connectivity index (χ2v) is 9.35. The highest BCUT2D eigenvalue weighted by Crippen LogP contribution is 2.26. The van der Waals surface area contributed by atoms with Gasteiger partial charge in [-0.2, -0.15) is 0 Å². The molecule has 3 aromatic carbocycles. The van der Waals surface area contributed by atoms with E-state index in [4.69, 9.17) is 28.4 Å². The Kier molecular flexibility index (Phi) is 12.9. The lowest BCUT2D eigenvalue weighted by Crippen LogP contribution is -2.24. The number of carbonyl (C=O) groups is 4. The summed E-state index contributed by atoms with van der Waals surface area (Å²) in [5.41, 5.74) is 1.03. The van der Waals surface area contributed by atoms with Crippen LogP contribution in [0.15, 0.2) is 92.0 Å². The Labute approximate surface area is 259 Å². The van der Waals surface area contributed by atoms with Crippen LogP contribution in [0.25, 0.3) is 0 Å². The number of aliphatic hydroxyl groups excluding tert-OH is 2. The highest BCUT2D eigenvalue weighted by atomic mass is 16.6.